The molecular formula is C25H30ClN7O3S. The van der Waals surface area contributed by atoms with Gasteiger partial charge in [0.1, 0.15) is 11.6 Å². The van der Waals surface area contributed by atoms with Crippen LogP contribution >= 0.6 is 11.6 Å². The summed E-state index contributed by atoms with van der Waals surface area (Å²) < 4.78 is 28.4. The number of nitrogens with zero attached hydrogens (tertiary/aromatic N) is 6. The first-order valence-electron chi connectivity index (χ1n) is 12.7. The number of likely N-dealkylation sites (tertiary alicyclic amines) is 1. The van der Waals surface area contributed by atoms with Crippen LogP contribution in [0.25, 0.3) is 5.78 Å². The first-order chi connectivity index (χ1) is 17.8. The van der Waals surface area contributed by atoms with Crippen LogP contribution in [0.15, 0.2) is 30.5 Å². The minimum absolute atomic E-state index is 0.220. The monoisotopic (exact) mass is 543 g/mol. The summed E-state index contributed by atoms with van der Waals surface area (Å²) in [6, 6.07) is 6.52. The van der Waals surface area contributed by atoms with Crippen molar-refractivity contribution < 1.29 is 13.2 Å². The van der Waals surface area contributed by atoms with Gasteiger partial charge in [-0.25, -0.2) is 13.4 Å². The van der Waals surface area contributed by atoms with Crippen molar-refractivity contribution in [1.82, 2.24) is 19.3 Å². The van der Waals surface area contributed by atoms with Gasteiger partial charge in [0.25, 0.3) is 5.91 Å². The minimum Gasteiger partial charge on any atom is -0.357 e. The molecule has 3 aromatic rings. The summed E-state index contributed by atoms with van der Waals surface area (Å²) >= 11 is 6.22. The van der Waals surface area contributed by atoms with E-state index in [-0.39, 0.29) is 23.2 Å². The molecule has 37 heavy (non-hydrogen) atoms. The largest absolute Gasteiger partial charge is 0.357 e. The number of carbonyl (C=O) groups is 1. The van der Waals surface area contributed by atoms with E-state index in [4.69, 9.17) is 21.6 Å². The summed E-state index contributed by atoms with van der Waals surface area (Å²) in [6.45, 7) is 4.57. The van der Waals surface area contributed by atoms with E-state index in [9.17, 15) is 13.2 Å². The summed E-state index contributed by atoms with van der Waals surface area (Å²) in [5.41, 5.74) is 1.24. The number of anilines is 3. The van der Waals surface area contributed by atoms with Gasteiger partial charge in [-0.15, -0.1) is 0 Å². The molecule has 3 fully saturated rings. The average molecular weight is 544 g/mol. The number of amides is 1. The molecule has 12 heteroatoms. The molecule has 1 aromatic carbocycles. The highest BCUT2D eigenvalue weighted by molar-refractivity contribution is 7.92. The number of carbonyl (C=O) groups excluding carboxylic acids is 1. The minimum atomic E-state index is -3.57. The molecule has 2 aromatic heterocycles. The molecular weight excluding hydrogens is 514 g/mol. The predicted molar refractivity (Wildman–Crippen MR) is 144 cm³/mol. The molecule has 1 amide bonds. The fourth-order valence-corrected chi connectivity index (χ4v) is 5.98. The molecule has 196 valence electrons. The number of fused-ring (bicyclic) bond motifs is 1. The second-order valence-corrected chi connectivity index (χ2v) is 12.2. The van der Waals surface area contributed by atoms with Crippen LogP contribution in [0, 0.1) is 0 Å². The molecule has 3 aliphatic heterocycles. The number of rotatable bonds is 6. The standard InChI is InChI=1S/C25H30ClN7O3S/c1-37(35,36)29-19-8-7-17(26)14-18(19)24(34)32-13-3-2-6-21(32)20-16-33-23(31-11-5-12-31)15-22(28-25(33)27-20)30-9-4-10-30/h7-8,14-16,21,29H,2-6,9-13H2,1H3/t21-/m1/s1. The third-order valence-corrected chi connectivity index (χ3v) is 8.22. The molecule has 0 spiro atoms. The quantitative estimate of drug-likeness (QED) is 0.507. The highest BCUT2D eigenvalue weighted by Gasteiger charge is 2.33. The molecule has 6 rings (SSSR count). The van der Waals surface area contributed by atoms with Crippen molar-refractivity contribution in [3.05, 3.63) is 46.7 Å². The van der Waals surface area contributed by atoms with Gasteiger partial charge in [-0.05, 0) is 50.3 Å². The predicted octanol–water partition coefficient (Wildman–Crippen LogP) is 3.54. The van der Waals surface area contributed by atoms with E-state index in [1.165, 1.54) is 25.0 Å². The van der Waals surface area contributed by atoms with Crippen LogP contribution in [0.5, 0.6) is 0 Å². The number of benzene rings is 1. The molecule has 0 radical (unpaired) electrons. The normalized spacial score (nSPS) is 20.1. The molecule has 0 unspecified atom stereocenters. The summed E-state index contributed by atoms with van der Waals surface area (Å²) in [7, 11) is -3.57. The van der Waals surface area contributed by atoms with Crippen molar-refractivity contribution >= 4 is 50.6 Å². The lowest BCUT2D eigenvalue weighted by Gasteiger charge is -2.36. The summed E-state index contributed by atoms with van der Waals surface area (Å²) in [4.78, 5) is 30.0. The molecule has 1 atom stereocenters. The fraction of sp³-hybridized carbons (Fsp3) is 0.480. The first-order valence-corrected chi connectivity index (χ1v) is 15.0. The van der Waals surface area contributed by atoms with E-state index in [1.54, 1.807) is 11.0 Å². The zero-order valence-electron chi connectivity index (χ0n) is 20.7. The van der Waals surface area contributed by atoms with Crippen LogP contribution in [-0.2, 0) is 10.0 Å². The Morgan fingerprint density at radius 1 is 1.00 bits per heavy atom. The van der Waals surface area contributed by atoms with Crippen LogP contribution in [-0.4, -0.2) is 72.6 Å². The van der Waals surface area contributed by atoms with E-state index < -0.39 is 10.0 Å². The van der Waals surface area contributed by atoms with Crippen LogP contribution in [0.4, 0.5) is 17.3 Å². The Hall–Kier alpha value is -3.05. The zero-order chi connectivity index (χ0) is 25.7. The van der Waals surface area contributed by atoms with Crippen molar-refractivity contribution in [1.29, 1.82) is 0 Å². The highest BCUT2D eigenvalue weighted by atomic mass is 35.5. The second kappa shape index (κ2) is 9.36. The van der Waals surface area contributed by atoms with Crippen molar-refractivity contribution in [2.75, 3.05) is 53.5 Å². The van der Waals surface area contributed by atoms with Crippen molar-refractivity contribution in [3.63, 3.8) is 0 Å². The van der Waals surface area contributed by atoms with E-state index in [1.807, 2.05) is 10.6 Å². The van der Waals surface area contributed by atoms with Crippen LogP contribution in [0.1, 0.15) is 54.2 Å². The Morgan fingerprint density at radius 3 is 2.43 bits per heavy atom. The number of halogens is 1. The molecule has 3 aliphatic rings. The number of nitrogens with one attached hydrogen (secondary N) is 1. The maximum Gasteiger partial charge on any atom is 0.256 e. The number of imidazole rings is 1. The second-order valence-electron chi connectivity index (χ2n) is 10.1. The zero-order valence-corrected chi connectivity index (χ0v) is 22.3. The Bertz CT molecular complexity index is 1470. The third-order valence-electron chi connectivity index (χ3n) is 7.40. The van der Waals surface area contributed by atoms with Crippen molar-refractivity contribution in [2.45, 2.75) is 38.1 Å². The Morgan fingerprint density at radius 2 is 1.76 bits per heavy atom. The fourth-order valence-electron chi connectivity index (χ4n) is 5.23. The van der Waals surface area contributed by atoms with Crippen molar-refractivity contribution in [3.8, 4) is 0 Å². The number of sulfonamides is 1. The lowest BCUT2D eigenvalue weighted by Crippen LogP contribution is -2.40. The smallest absolute Gasteiger partial charge is 0.256 e. The Kier molecular flexibility index (Phi) is 6.15. The van der Waals surface area contributed by atoms with Crippen LogP contribution < -0.4 is 14.5 Å². The molecule has 3 saturated heterocycles. The Balaban J connectivity index is 1.38. The van der Waals surface area contributed by atoms with E-state index in [0.29, 0.717) is 17.3 Å². The van der Waals surface area contributed by atoms with Crippen LogP contribution in [0.2, 0.25) is 5.02 Å². The Labute approximate surface area is 221 Å². The van der Waals surface area contributed by atoms with E-state index in [0.717, 1.165) is 69.0 Å². The van der Waals surface area contributed by atoms with Gasteiger partial charge in [0.2, 0.25) is 15.8 Å². The molecule has 0 bridgehead atoms. The highest BCUT2D eigenvalue weighted by Crippen LogP contribution is 2.35. The average Bonchev–Trinajstić information content (AvgIpc) is 3.21. The van der Waals surface area contributed by atoms with Crippen LogP contribution in [0.3, 0.4) is 0 Å². The van der Waals surface area contributed by atoms with E-state index >= 15 is 0 Å². The maximum atomic E-state index is 13.8. The molecule has 1 N–H and O–H groups in total. The lowest BCUT2D eigenvalue weighted by atomic mass is 9.98. The third kappa shape index (κ3) is 4.70. The summed E-state index contributed by atoms with van der Waals surface area (Å²) in [6.07, 6.45) is 8.01. The van der Waals surface area contributed by atoms with Gasteiger partial charge in [0.05, 0.1) is 29.2 Å². The van der Waals surface area contributed by atoms with Gasteiger partial charge >= 0.3 is 0 Å². The van der Waals surface area contributed by atoms with E-state index in [2.05, 4.69) is 20.6 Å². The number of hydrogen-bond donors (Lipinski definition) is 1. The first kappa shape index (κ1) is 24.3. The van der Waals surface area contributed by atoms with Gasteiger partial charge in [0.15, 0.2) is 0 Å². The maximum absolute atomic E-state index is 13.8. The lowest BCUT2D eigenvalue weighted by molar-refractivity contribution is 0.0608. The molecule has 0 aliphatic carbocycles. The van der Waals surface area contributed by atoms with Gasteiger partial charge in [-0.1, -0.05) is 11.6 Å². The van der Waals surface area contributed by atoms with Gasteiger partial charge in [-0.2, -0.15) is 4.98 Å². The number of hydrogen-bond acceptors (Lipinski definition) is 7. The van der Waals surface area contributed by atoms with Gasteiger partial charge < -0.3 is 14.7 Å². The SMILES string of the molecule is CS(=O)(=O)Nc1ccc(Cl)cc1C(=O)N1CCCC[C@@H]1c1cn2c(N3CCC3)cc(N3CCC3)nc2n1. The van der Waals surface area contributed by atoms with Crippen molar-refractivity contribution in [2.24, 2.45) is 0 Å². The molecule has 0 saturated carbocycles. The number of piperidine rings is 1. The van der Waals surface area contributed by atoms with Gasteiger partial charge in [0, 0.05) is 50.0 Å². The topological polar surface area (TPSA) is 103 Å². The summed E-state index contributed by atoms with van der Waals surface area (Å²) in [5.74, 6) is 2.40. The number of aromatic nitrogens is 3. The van der Waals surface area contributed by atoms with Gasteiger partial charge in [-0.3, -0.25) is 13.9 Å². The molecule has 10 nitrogen and oxygen atoms in total. The summed E-state index contributed by atoms with van der Waals surface area (Å²) in [5, 5.41) is 0.366. The molecule has 5 heterocycles.